The Morgan fingerprint density at radius 2 is 2.22 bits per heavy atom. The molecular weight excluding hydrogens is 368 g/mol. The lowest BCUT2D eigenvalue weighted by Crippen LogP contribution is -2.40. The minimum atomic E-state index is -3.69. The summed E-state index contributed by atoms with van der Waals surface area (Å²) in [5.74, 6) is 1.09. The minimum absolute atomic E-state index is 0.0258. The number of hydrogen-bond acceptors (Lipinski definition) is 6. The fraction of sp³-hybridized carbons (Fsp3) is 0.611. The van der Waals surface area contributed by atoms with Crippen molar-refractivity contribution in [1.29, 1.82) is 0 Å². The van der Waals surface area contributed by atoms with Crippen LogP contribution in [-0.2, 0) is 14.8 Å². The molecule has 2 aromatic heterocycles. The third kappa shape index (κ3) is 2.60. The second-order valence-electron chi connectivity index (χ2n) is 8.18. The first-order chi connectivity index (χ1) is 12.9. The van der Waals surface area contributed by atoms with E-state index in [4.69, 9.17) is 9.15 Å². The molecule has 0 unspecified atom stereocenters. The molecule has 3 saturated heterocycles. The summed E-state index contributed by atoms with van der Waals surface area (Å²) in [4.78, 5) is 2.17. The smallest absolute Gasteiger partial charge is 0.276 e. The lowest BCUT2D eigenvalue weighted by Gasteiger charge is -2.31. The molecule has 5 heterocycles. The van der Waals surface area contributed by atoms with Gasteiger partial charge in [-0.2, -0.15) is 9.40 Å². The summed E-state index contributed by atoms with van der Waals surface area (Å²) < 4.78 is 39.9. The van der Waals surface area contributed by atoms with Crippen LogP contribution < -0.4 is 0 Å². The van der Waals surface area contributed by atoms with Gasteiger partial charge in [0.05, 0.1) is 11.7 Å². The SMILES string of the molecule is CN(C)C[C@H]1[C@@H]2CC[C@@]3(CN(S(=O)(=O)c4ccc(-c5ccn[nH]5)o4)C[C@@H]13)O2. The summed E-state index contributed by atoms with van der Waals surface area (Å²) in [6, 6.07) is 4.92. The average Bonchev–Trinajstić information content (AvgIpc) is 3.40. The van der Waals surface area contributed by atoms with Crippen LogP contribution in [0, 0.1) is 11.8 Å². The van der Waals surface area contributed by atoms with Gasteiger partial charge in [0, 0.05) is 37.7 Å². The highest BCUT2D eigenvalue weighted by molar-refractivity contribution is 7.89. The quantitative estimate of drug-likeness (QED) is 0.827. The van der Waals surface area contributed by atoms with E-state index in [0.717, 1.165) is 19.4 Å². The van der Waals surface area contributed by atoms with Gasteiger partial charge >= 0.3 is 0 Å². The first-order valence-corrected chi connectivity index (χ1v) is 10.8. The van der Waals surface area contributed by atoms with Gasteiger partial charge in [0.15, 0.2) is 5.76 Å². The molecule has 3 aliphatic rings. The molecule has 0 aromatic carbocycles. The number of aromatic nitrogens is 2. The average molecular weight is 392 g/mol. The molecule has 0 radical (unpaired) electrons. The van der Waals surface area contributed by atoms with Gasteiger partial charge in [-0.15, -0.1) is 0 Å². The standard InChI is InChI=1S/C18H24N4O4S/c1-21(2)9-12-13-10-22(11-18(13)7-5-15(12)26-18)27(23,24)17-4-3-16(25-17)14-6-8-19-20-14/h3-4,6,8,12-13,15H,5,7,9-11H2,1-2H3,(H,19,20)/t12-,13+,15+,18+/m1/s1. The van der Waals surface area contributed by atoms with Crippen molar-refractivity contribution in [1.82, 2.24) is 19.4 Å². The zero-order valence-corrected chi connectivity index (χ0v) is 16.3. The second-order valence-corrected chi connectivity index (χ2v) is 10.0. The largest absolute Gasteiger partial charge is 0.442 e. The summed E-state index contributed by atoms with van der Waals surface area (Å²) in [7, 11) is 0.421. The molecule has 9 heteroatoms. The summed E-state index contributed by atoms with van der Waals surface area (Å²) in [5, 5.41) is 6.64. The molecule has 1 N–H and O–H groups in total. The van der Waals surface area contributed by atoms with Crippen molar-refractivity contribution < 1.29 is 17.6 Å². The third-order valence-electron chi connectivity index (χ3n) is 6.27. The zero-order chi connectivity index (χ0) is 18.8. The van der Waals surface area contributed by atoms with Crippen molar-refractivity contribution in [2.75, 3.05) is 33.7 Å². The van der Waals surface area contributed by atoms with E-state index in [2.05, 4.69) is 29.2 Å². The van der Waals surface area contributed by atoms with Gasteiger partial charge in [-0.25, -0.2) is 8.42 Å². The van der Waals surface area contributed by atoms with Crippen LogP contribution in [0.3, 0.4) is 0 Å². The molecule has 2 aromatic rings. The number of furan rings is 1. The Morgan fingerprint density at radius 1 is 1.37 bits per heavy atom. The zero-order valence-electron chi connectivity index (χ0n) is 15.5. The van der Waals surface area contributed by atoms with Crippen molar-refractivity contribution in [2.24, 2.45) is 11.8 Å². The maximum atomic E-state index is 13.2. The highest BCUT2D eigenvalue weighted by Gasteiger charge is 2.64. The summed E-state index contributed by atoms with van der Waals surface area (Å²) in [6.45, 7) is 1.84. The molecule has 0 amide bonds. The van der Waals surface area contributed by atoms with Gasteiger partial charge in [-0.3, -0.25) is 5.10 Å². The number of rotatable bonds is 5. The Hall–Kier alpha value is -1.68. The van der Waals surface area contributed by atoms with Crippen LogP contribution >= 0.6 is 0 Å². The van der Waals surface area contributed by atoms with Crippen molar-refractivity contribution in [2.45, 2.75) is 29.6 Å². The van der Waals surface area contributed by atoms with Crippen LogP contribution in [-0.4, -0.2) is 73.3 Å². The highest BCUT2D eigenvalue weighted by Crippen LogP contribution is 2.55. The predicted octanol–water partition coefficient (Wildman–Crippen LogP) is 1.40. The Bertz CT molecular complexity index is 938. The molecule has 3 aliphatic heterocycles. The molecule has 27 heavy (non-hydrogen) atoms. The molecule has 3 fully saturated rings. The Labute approximate surface area is 158 Å². The highest BCUT2D eigenvalue weighted by atomic mass is 32.2. The number of hydrogen-bond donors (Lipinski definition) is 1. The number of ether oxygens (including phenoxy) is 1. The Morgan fingerprint density at radius 3 is 2.96 bits per heavy atom. The third-order valence-corrected chi connectivity index (χ3v) is 7.96. The first-order valence-electron chi connectivity index (χ1n) is 9.31. The number of nitrogens with zero attached hydrogens (tertiary/aromatic N) is 3. The molecule has 5 rings (SSSR count). The molecule has 0 aliphatic carbocycles. The lowest BCUT2D eigenvalue weighted by molar-refractivity contribution is 0.00733. The molecule has 8 nitrogen and oxygen atoms in total. The van der Waals surface area contributed by atoms with Crippen LogP contribution in [0.25, 0.3) is 11.5 Å². The first kappa shape index (κ1) is 17.4. The van der Waals surface area contributed by atoms with Gasteiger partial charge in [-0.05, 0) is 45.1 Å². The number of nitrogens with one attached hydrogen (secondary N) is 1. The second kappa shape index (κ2) is 5.91. The van der Waals surface area contributed by atoms with Crippen LogP contribution in [0.15, 0.2) is 33.9 Å². The fourth-order valence-corrected chi connectivity index (χ4v) is 6.56. The van der Waals surface area contributed by atoms with Crippen LogP contribution in [0.5, 0.6) is 0 Å². The van der Waals surface area contributed by atoms with Crippen molar-refractivity contribution in [3.63, 3.8) is 0 Å². The van der Waals surface area contributed by atoms with E-state index in [1.54, 1.807) is 22.6 Å². The van der Waals surface area contributed by atoms with Crippen LogP contribution in [0.1, 0.15) is 12.8 Å². The van der Waals surface area contributed by atoms with E-state index >= 15 is 0 Å². The van der Waals surface area contributed by atoms with E-state index in [-0.39, 0.29) is 22.7 Å². The van der Waals surface area contributed by atoms with Gasteiger partial charge in [0.2, 0.25) is 5.09 Å². The number of sulfonamides is 1. The van der Waals surface area contributed by atoms with Gasteiger partial charge < -0.3 is 14.1 Å². The molecular formula is C18H24N4O4S. The normalized spacial score (nSPS) is 33.2. The summed E-state index contributed by atoms with van der Waals surface area (Å²) >= 11 is 0. The van der Waals surface area contributed by atoms with E-state index < -0.39 is 10.0 Å². The van der Waals surface area contributed by atoms with Crippen molar-refractivity contribution in [3.05, 3.63) is 24.4 Å². The topological polar surface area (TPSA) is 91.7 Å². The lowest BCUT2D eigenvalue weighted by atomic mass is 9.73. The van der Waals surface area contributed by atoms with E-state index in [1.807, 2.05) is 0 Å². The van der Waals surface area contributed by atoms with E-state index in [0.29, 0.717) is 30.5 Å². The molecule has 2 bridgehead atoms. The number of H-pyrrole nitrogens is 1. The fourth-order valence-electron chi connectivity index (χ4n) is 5.12. The van der Waals surface area contributed by atoms with E-state index in [9.17, 15) is 8.42 Å². The molecule has 0 saturated carbocycles. The maximum Gasteiger partial charge on any atom is 0.276 e. The number of aromatic amines is 1. The van der Waals surface area contributed by atoms with Crippen molar-refractivity contribution >= 4 is 10.0 Å². The summed E-state index contributed by atoms with van der Waals surface area (Å²) in [5.41, 5.74) is 0.332. The van der Waals surface area contributed by atoms with Gasteiger partial charge in [0.25, 0.3) is 10.0 Å². The predicted molar refractivity (Wildman–Crippen MR) is 97.4 cm³/mol. The van der Waals surface area contributed by atoms with Crippen molar-refractivity contribution in [3.8, 4) is 11.5 Å². The van der Waals surface area contributed by atoms with E-state index in [1.165, 1.54) is 6.07 Å². The molecule has 4 atom stereocenters. The Kier molecular flexibility index (Phi) is 3.81. The van der Waals surface area contributed by atoms with Gasteiger partial charge in [-0.1, -0.05) is 0 Å². The maximum absolute atomic E-state index is 13.2. The monoisotopic (exact) mass is 392 g/mol. The molecule has 146 valence electrons. The number of fused-ring (bicyclic) bond motifs is 1. The van der Waals surface area contributed by atoms with Crippen LogP contribution in [0.2, 0.25) is 0 Å². The summed E-state index contributed by atoms with van der Waals surface area (Å²) in [6.07, 6.45) is 3.83. The Balaban J connectivity index is 1.41. The molecule has 1 spiro atoms. The minimum Gasteiger partial charge on any atom is -0.442 e. The van der Waals surface area contributed by atoms with Gasteiger partial charge in [0.1, 0.15) is 5.69 Å². The van der Waals surface area contributed by atoms with Crippen LogP contribution in [0.4, 0.5) is 0 Å².